The van der Waals surface area contributed by atoms with Crippen LogP contribution in [0.4, 0.5) is 0 Å². The van der Waals surface area contributed by atoms with Crippen LogP contribution in [0, 0.1) is 0 Å². The predicted octanol–water partition coefficient (Wildman–Crippen LogP) is 1.40. The molecule has 0 atom stereocenters. The molecule has 0 aliphatic carbocycles. The van der Waals surface area contributed by atoms with Crippen molar-refractivity contribution in [2.45, 2.75) is 38.6 Å². The van der Waals surface area contributed by atoms with Crippen LogP contribution < -0.4 is 0 Å². The molecule has 0 radical (unpaired) electrons. The van der Waals surface area contributed by atoms with Crippen LogP contribution in [0.2, 0.25) is 0 Å². The number of rotatable bonds is 2. The van der Waals surface area contributed by atoms with Gasteiger partial charge in [0.25, 0.3) is 0 Å². The maximum Gasteiger partial charge on any atom is 0.0858 e. The summed E-state index contributed by atoms with van der Waals surface area (Å²) in [6.07, 6.45) is 4.49. The van der Waals surface area contributed by atoms with E-state index in [1.807, 2.05) is 7.05 Å². The zero-order valence-electron chi connectivity index (χ0n) is 9.85. The van der Waals surface area contributed by atoms with Gasteiger partial charge in [0.1, 0.15) is 0 Å². The monoisotopic (exact) mass is 208 g/mol. The molecule has 1 fully saturated rings. The van der Waals surface area contributed by atoms with E-state index in [9.17, 15) is 0 Å². The van der Waals surface area contributed by atoms with Gasteiger partial charge < -0.3 is 4.90 Å². The summed E-state index contributed by atoms with van der Waals surface area (Å²) in [6.45, 7) is 6.92. The minimum absolute atomic E-state index is 0.619. The minimum atomic E-state index is 0.619. The average Bonchev–Trinajstić information content (AvgIpc) is 2.65. The first kappa shape index (κ1) is 10.6. The van der Waals surface area contributed by atoms with E-state index in [1.165, 1.54) is 31.6 Å². The second kappa shape index (κ2) is 4.31. The Labute approximate surface area is 91.3 Å². The van der Waals surface area contributed by atoms with Gasteiger partial charge in [0.15, 0.2) is 0 Å². The summed E-state index contributed by atoms with van der Waals surface area (Å²) in [5.41, 5.74) is 1.17. The molecule has 0 bridgehead atoms. The highest BCUT2D eigenvalue weighted by atomic mass is 15.4. The van der Waals surface area contributed by atoms with Crippen LogP contribution in [0.25, 0.3) is 0 Å². The van der Waals surface area contributed by atoms with Crippen molar-refractivity contribution < 1.29 is 0 Å². The molecule has 1 saturated heterocycles. The van der Waals surface area contributed by atoms with Crippen LogP contribution in [0.1, 0.15) is 38.3 Å². The fourth-order valence-corrected chi connectivity index (χ4v) is 2.26. The first-order valence-electron chi connectivity index (χ1n) is 5.77. The Bertz CT molecular complexity index is 310. The van der Waals surface area contributed by atoms with Crippen LogP contribution in [-0.2, 0) is 7.05 Å². The van der Waals surface area contributed by atoms with Gasteiger partial charge in [0.05, 0.1) is 5.69 Å². The number of likely N-dealkylation sites (tertiary alicyclic amines) is 1. The van der Waals surface area contributed by atoms with Gasteiger partial charge in [-0.1, -0.05) is 5.21 Å². The van der Waals surface area contributed by atoms with E-state index in [2.05, 4.69) is 35.3 Å². The van der Waals surface area contributed by atoms with Crippen LogP contribution in [0.15, 0.2) is 6.20 Å². The fraction of sp³-hybridized carbons (Fsp3) is 0.818. The Morgan fingerprint density at radius 3 is 2.47 bits per heavy atom. The van der Waals surface area contributed by atoms with E-state index in [0.29, 0.717) is 12.0 Å². The summed E-state index contributed by atoms with van der Waals surface area (Å²) < 4.78 is 1.80. The summed E-state index contributed by atoms with van der Waals surface area (Å²) in [6, 6.07) is 0.674. The highest BCUT2D eigenvalue weighted by molar-refractivity contribution is 5.03. The largest absolute Gasteiger partial charge is 0.301 e. The molecule has 1 aromatic rings. The van der Waals surface area contributed by atoms with Crippen molar-refractivity contribution >= 4 is 0 Å². The molecule has 4 heteroatoms. The molecular formula is C11H20N4. The second-order valence-corrected chi connectivity index (χ2v) is 4.72. The molecule has 2 rings (SSSR count). The van der Waals surface area contributed by atoms with E-state index >= 15 is 0 Å². The smallest absolute Gasteiger partial charge is 0.0858 e. The Morgan fingerprint density at radius 1 is 1.33 bits per heavy atom. The molecule has 0 spiro atoms. The molecule has 0 aromatic carbocycles. The molecule has 0 saturated carbocycles. The maximum absolute atomic E-state index is 4.20. The van der Waals surface area contributed by atoms with Gasteiger partial charge in [-0.05, 0) is 39.8 Å². The third-order valence-corrected chi connectivity index (χ3v) is 3.30. The van der Waals surface area contributed by atoms with Gasteiger partial charge in [0.2, 0.25) is 0 Å². The SMILES string of the molecule is CC(C)N1CCC(c2cn(C)nn2)CC1. The van der Waals surface area contributed by atoms with Crippen molar-refractivity contribution in [2.75, 3.05) is 13.1 Å². The van der Waals surface area contributed by atoms with Crippen LogP contribution in [-0.4, -0.2) is 39.0 Å². The van der Waals surface area contributed by atoms with Gasteiger partial charge in [-0.2, -0.15) is 0 Å². The molecule has 1 aliphatic heterocycles. The topological polar surface area (TPSA) is 34.0 Å². The van der Waals surface area contributed by atoms with E-state index in [-0.39, 0.29) is 0 Å². The molecule has 15 heavy (non-hydrogen) atoms. The number of piperidine rings is 1. The molecule has 1 aliphatic rings. The molecule has 4 nitrogen and oxygen atoms in total. The third-order valence-electron chi connectivity index (χ3n) is 3.30. The van der Waals surface area contributed by atoms with Gasteiger partial charge in [0, 0.05) is 25.2 Å². The van der Waals surface area contributed by atoms with Crippen molar-refractivity contribution in [1.82, 2.24) is 19.9 Å². The lowest BCUT2D eigenvalue weighted by molar-refractivity contribution is 0.171. The Balaban J connectivity index is 1.93. The summed E-state index contributed by atoms with van der Waals surface area (Å²) in [7, 11) is 1.93. The Kier molecular flexibility index (Phi) is 3.05. The van der Waals surface area contributed by atoms with Crippen molar-refractivity contribution in [2.24, 2.45) is 7.05 Å². The van der Waals surface area contributed by atoms with E-state index < -0.39 is 0 Å². The second-order valence-electron chi connectivity index (χ2n) is 4.72. The van der Waals surface area contributed by atoms with Gasteiger partial charge in [-0.3, -0.25) is 4.68 Å². The minimum Gasteiger partial charge on any atom is -0.301 e. The molecule has 0 N–H and O–H groups in total. The molecule has 0 amide bonds. The number of aromatic nitrogens is 3. The summed E-state index contributed by atoms with van der Waals surface area (Å²) in [4.78, 5) is 2.53. The first-order chi connectivity index (χ1) is 7.16. The van der Waals surface area contributed by atoms with Crippen molar-refractivity contribution in [3.63, 3.8) is 0 Å². The molecule has 1 aromatic heterocycles. The zero-order valence-corrected chi connectivity index (χ0v) is 9.85. The number of hydrogen-bond acceptors (Lipinski definition) is 3. The molecular weight excluding hydrogens is 188 g/mol. The van der Waals surface area contributed by atoms with E-state index in [0.717, 1.165) is 0 Å². The number of nitrogens with zero attached hydrogens (tertiary/aromatic N) is 4. The lowest BCUT2D eigenvalue weighted by Crippen LogP contribution is -2.37. The fourth-order valence-electron chi connectivity index (χ4n) is 2.26. The summed E-state index contributed by atoms with van der Waals surface area (Å²) in [5.74, 6) is 0.619. The quantitative estimate of drug-likeness (QED) is 0.737. The molecule has 84 valence electrons. The van der Waals surface area contributed by atoms with Gasteiger partial charge >= 0.3 is 0 Å². The maximum atomic E-state index is 4.20. The summed E-state index contributed by atoms with van der Waals surface area (Å²) >= 11 is 0. The lowest BCUT2D eigenvalue weighted by atomic mass is 9.93. The number of aryl methyl sites for hydroxylation is 1. The van der Waals surface area contributed by atoms with Gasteiger partial charge in [-0.15, -0.1) is 5.10 Å². The van der Waals surface area contributed by atoms with Crippen LogP contribution >= 0.6 is 0 Å². The Hall–Kier alpha value is -0.900. The van der Waals surface area contributed by atoms with Crippen LogP contribution in [0.5, 0.6) is 0 Å². The summed E-state index contributed by atoms with van der Waals surface area (Å²) in [5, 5.41) is 8.20. The van der Waals surface area contributed by atoms with Crippen LogP contribution in [0.3, 0.4) is 0 Å². The van der Waals surface area contributed by atoms with Crippen molar-refractivity contribution in [3.8, 4) is 0 Å². The Morgan fingerprint density at radius 2 is 2.00 bits per heavy atom. The standard InChI is InChI=1S/C11H20N4/c1-9(2)15-6-4-10(5-7-15)11-8-14(3)13-12-11/h8-10H,4-7H2,1-3H3. The highest BCUT2D eigenvalue weighted by Gasteiger charge is 2.23. The predicted molar refractivity (Wildman–Crippen MR) is 59.7 cm³/mol. The van der Waals surface area contributed by atoms with Crippen molar-refractivity contribution in [1.29, 1.82) is 0 Å². The van der Waals surface area contributed by atoms with Gasteiger partial charge in [-0.25, -0.2) is 0 Å². The number of hydrogen-bond donors (Lipinski definition) is 0. The highest BCUT2D eigenvalue weighted by Crippen LogP contribution is 2.26. The zero-order chi connectivity index (χ0) is 10.8. The van der Waals surface area contributed by atoms with E-state index in [1.54, 1.807) is 4.68 Å². The van der Waals surface area contributed by atoms with E-state index in [4.69, 9.17) is 0 Å². The molecule has 2 heterocycles. The normalized spacial score (nSPS) is 20.0. The third kappa shape index (κ3) is 2.37. The molecule has 0 unspecified atom stereocenters. The van der Waals surface area contributed by atoms with Crippen molar-refractivity contribution in [3.05, 3.63) is 11.9 Å². The average molecular weight is 208 g/mol. The lowest BCUT2D eigenvalue weighted by Gasteiger charge is -2.33. The first-order valence-corrected chi connectivity index (χ1v) is 5.77.